The number of anilines is 3. The van der Waals surface area contributed by atoms with E-state index in [1.807, 2.05) is 0 Å². The molecular weight excluding hydrogens is 574 g/mol. The number of hydrogen-bond donors (Lipinski definition) is 3. The van der Waals surface area contributed by atoms with E-state index in [2.05, 4.69) is 14.7 Å². The van der Waals surface area contributed by atoms with E-state index in [1.54, 1.807) is 74.2 Å². The highest BCUT2D eigenvalue weighted by Gasteiger charge is 2.29. The molecule has 14 heteroatoms. The van der Waals surface area contributed by atoms with Gasteiger partial charge in [0.15, 0.2) is 0 Å². The summed E-state index contributed by atoms with van der Waals surface area (Å²) in [4.78, 5) is 36.0. The van der Waals surface area contributed by atoms with Crippen LogP contribution >= 0.6 is 0 Å². The van der Waals surface area contributed by atoms with Crippen LogP contribution in [0.25, 0.3) is 22.0 Å². The van der Waals surface area contributed by atoms with Crippen molar-refractivity contribution in [2.45, 2.75) is 43.9 Å². The van der Waals surface area contributed by atoms with E-state index >= 15 is 0 Å². The van der Waals surface area contributed by atoms with Crippen molar-refractivity contribution in [3.05, 3.63) is 71.1 Å². The number of morpholine rings is 1. The number of aromatic nitrogens is 3. The molecular formula is C29H33N7O6S. The fourth-order valence-electron chi connectivity index (χ4n) is 4.66. The molecule has 1 aliphatic rings. The number of carbonyl (C=O) groups excluding carboxylic acids is 1. The Kier molecular flexibility index (Phi) is 7.99. The summed E-state index contributed by atoms with van der Waals surface area (Å²) in [6, 6.07) is 14.7. The molecule has 5 rings (SSSR count). The minimum atomic E-state index is -4.06. The van der Waals surface area contributed by atoms with Crippen LogP contribution in [0.1, 0.15) is 20.8 Å². The van der Waals surface area contributed by atoms with Gasteiger partial charge in [0.2, 0.25) is 5.95 Å². The number of nitrogens with zero attached hydrogens (tertiary/aromatic N) is 4. The molecule has 43 heavy (non-hydrogen) atoms. The molecule has 0 saturated carbocycles. The van der Waals surface area contributed by atoms with Crippen molar-refractivity contribution >= 4 is 44.5 Å². The highest BCUT2D eigenvalue weighted by Crippen LogP contribution is 2.28. The number of ether oxygens (including phenoxy) is 2. The Balaban J connectivity index is 1.44. The summed E-state index contributed by atoms with van der Waals surface area (Å²) >= 11 is 0. The molecule has 5 N–H and O–H groups in total. The number of benzene rings is 2. The minimum Gasteiger partial charge on any atom is -0.444 e. The number of sulfonamides is 1. The number of para-hydroxylation sites is 1. The summed E-state index contributed by atoms with van der Waals surface area (Å²) in [5, 5.41) is 0.259. The van der Waals surface area contributed by atoms with Crippen LogP contribution in [0.4, 0.5) is 22.2 Å². The maximum absolute atomic E-state index is 13.6. The lowest BCUT2D eigenvalue weighted by Gasteiger charge is -2.34. The van der Waals surface area contributed by atoms with Gasteiger partial charge in [0.25, 0.3) is 15.6 Å². The Labute approximate surface area is 248 Å². The molecule has 0 bridgehead atoms. The first-order valence-electron chi connectivity index (χ1n) is 13.5. The van der Waals surface area contributed by atoms with E-state index in [1.165, 1.54) is 16.8 Å². The molecule has 1 atom stereocenters. The Morgan fingerprint density at radius 1 is 1.12 bits per heavy atom. The standard InChI is InChI=1S/C29H33N7O6S/c1-29(2,3)42-28(38)35-11-12-41-21(16-35)17-36-26(37)22-13-18(9-10-23(22)33-27(36)31)19-14-24(25(30)32-15-19)43(39,40)34-20-7-5-4-6-8-20/h4-10,13-15,21,34H,11-12,16-17H2,1-3H3,(H2,30,32)(H2,31,33). The van der Waals surface area contributed by atoms with Gasteiger partial charge in [-0.25, -0.2) is 23.2 Å². The molecule has 226 valence electrons. The molecule has 3 heterocycles. The molecule has 0 spiro atoms. The average Bonchev–Trinajstić information content (AvgIpc) is 2.95. The average molecular weight is 608 g/mol. The lowest BCUT2D eigenvalue weighted by atomic mass is 10.1. The molecule has 1 amide bonds. The molecule has 2 aromatic heterocycles. The van der Waals surface area contributed by atoms with Crippen LogP contribution in [-0.4, -0.2) is 65.3 Å². The van der Waals surface area contributed by atoms with Gasteiger partial charge in [-0.15, -0.1) is 0 Å². The van der Waals surface area contributed by atoms with Crippen molar-refractivity contribution in [3.63, 3.8) is 0 Å². The first kappa shape index (κ1) is 29.8. The third-order valence-electron chi connectivity index (χ3n) is 6.69. The lowest BCUT2D eigenvalue weighted by molar-refractivity contribution is -0.0474. The van der Waals surface area contributed by atoms with E-state index in [0.717, 1.165) is 0 Å². The number of carbonyl (C=O) groups is 1. The van der Waals surface area contributed by atoms with Crippen LogP contribution in [0, 0.1) is 0 Å². The fraction of sp³-hybridized carbons (Fsp3) is 0.310. The number of nitrogen functional groups attached to an aromatic ring is 2. The van der Waals surface area contributed by atoms with Crippen molar-refractivity contribution in [1.29, 1.82) is 0 Å². The van der Waals surface area contributed by atoms with Gasteiger partial charge in [-0.05, 0) is 56.7 Å². The maximum atomic E-state index is 13.6. The van der Waals surface area contributed by atoms with Crippen molar-refractivity contribution in [2.24, 2.45) is 0 Å². The van der Waals surface area contributed by atoms with E-state index in [-0.39, 0.29) is 41.7 Å². The quantitative estimate of drug-likeness (QED) is 0.294. The number of fused-ring (bicyclic) bond motifs is 1. The van der Waals surface area contributed by atoms with E-state index in [0.29, 0.717) is 28.9 Å². The fourth-order valence-corrected chi connectivity index (χ4v) is 5.83. The Morgan fingerprint density at radius 3 is 2.58 bits per heavy atom. The Bertz CT molecular complexity index is 1840. The van der Waals surface area contributed by atoms with E-state index in [9.17, 15) is 18.0 Å². The summed E-state index contributed by atoms with van der Waals surface area (Å²) in [5.74, 6) is -0.171. The summed E-state index contributed by atoms with van der Waals surface area (Å²) < 4.78 is 41.4. The molecule has 1 aliphatic heterocycles. The predicted octanol–water partition coefficient (Wildman–Crippen LogP) is 3.06. The van der Waals surface area contributed by atoms with Crippen molar-refractivity contribution in [2.75, 3.05) is 35.9 Å². The SMILES string of the molecule is CC(C)(C)OC(=O)N1CCOC(Cn2c(N)nc3ccc(-c4cnc(N)c(S(=O)(=O)Nc5ccccc5)c4)cc3c2=O)C1. The molecule has 1 fully saturated rings. The van der Waals surface area contributed by atoms with Gasteiger partial charge in [0.05, 0.1) is 36.7 Å². The third-order valence-corrected chi connectivity index (χ3v) is 8.10. The number of nitrogens with two attached hydrogens (primary N) is 2. The van der Waals surface area contributed by atoms with Gasteiger partial charge in [0, 0.05) is 24.0 Å². The molecule has 4 aromatic rings. The number of pyridine rings is 1. The van der Waals surface area contributed by atoms with Gasteiger partial charge in [-0.2, -0.15) is 0 Å². The predicted molar refractivity (Wildman–Crippen MR) is 163 cm³/mol. The summed E-state index contributed by atoms with van der Waals surface area (Å²) in [6.07, 6.45) is 0.456. The number of hydrogen-bond acceptors (Lipinski definition) is 10. The second kappa shape index (κ2) is 11.5. The van der Waals surface area contributed by atoms with E-state index < -0.39 is 33.4 Å². The molecule has 2 aromatic carbocycles. The smallest absolute Gasteiger partial charge is 0.410 e. The zero-order chi connectivity index (χ0) is 30.9. The molecule has 13 nitrogen and oxygen atoms in total. The zero-order valence-corrected chi connectivity index (χ0v) is 24.8. The molecule has 1 unspecified atom stereocenters. The van der Waals surface area contributed by atoms with Gasteiger partial charge >= 0.3 is 6.09 Å². The van der Waals surface area contributed by atoms with Crippen molar-refractivity contribution < 1.29 is 22.7 Å². The summed E-state index contributed by atoms with van der Waals surface area (Å²) in [6.45, 7) is 6.29. The Morgan fingerprint density at radius 2 is 1.86 bits per heavy atom. The molecule has 0 radical (unpaired) electrons. The summed E-state index contributed by atoms with van der Waals surface area (Å²) in [7, 11) is -4.06. The lowest BCUT2D eigenvalue weighted by Crippen LogP contribution is -2.49. The number of rotatable bonds is 6. The topological polar surface area (TPSA) is 185 Å². The van der Waals surface area contributed by atoms with Gasteiger partial charge in [-0.1, -0.05) is 24.3 Å². The van der Waals surface area contributed by atoms with Crippen molar-refractivity contribution in [1.82, 2.24) is 19.4 Å². The van der Waals surface area contributed by atoms with Gasteiger partial charge in [0.1, 0.15) is 16.3 Å². The van der Waals surface area contributed by atoms with Crippen molar-refractivity contribution in [3.8, 4) is 11.1 Å². The minimum absolute atomic E-state index is 0.00208. The number of nitrogens with one attached hydrogen (secondary N) is 1. The second-order valence-corrected chi connectivity index (χ2v) is 12.8. The monoisotopic (exact) mass is 607 g/mol. The highest BCUT2D eigenvalue weighted by molar-refractivity contribution is 7.92. The second-order valence-electron chi connectivity index (χ2n) is 11.1. The normalized spacial score (nSPS) is 15.8. The zero-order valence-electron chi connectivity index (χ0n) is 24.0. The highest BCUT2D eigenvalue weighted by atomic mass is 32.2. The van der Waals surface area contributed by atoms with Gasteiger partial charge < -0.3 is 25.8 Å². The summed E-state index contributed by atoms with van der Waals surface area (Å²) in [5.41, 5.74) is 12.8. The molecule has 1 saturated heterocycles. The first-order valence-corrected chi connectivity index (χ1v) is 15.0. The van der Waals surface area contributed by atoms with Crippen LogP contribution in [0.15, 0.2) is 70.5 Å². The maximum Gasteiger partial charge on any atom is 0.410 e. The Hall–Kier alpha value is -4.69. The van der Waals surface area contributed by atoms with Crippen LogP contribution in [0.2, 0.25) is 0 Å². The first-order chi connectivity index (χ1) is 20.3. The van der Waals surface area contributed by atoms with Gasteiger partial charge in [-0.3, -0.25) is 14.1 Å². The number of amides is 1. The van der Waals surface area contributed by atoms with Crippen LogP contribution in [-0.2, 0) is 26.0 Å². The molecule has 0 aliphatic carbocycles. The van der Waals surface area contributed by atoms with Crippen LogP contribution < -0.4 is 21.7 Å². The van der Waals surface area contributed by atoms with Crippen LogP contribution in [0.5, 0.6) is 0 Å². The largest absolute Gasteiger partial charge is 0.444 e. The van der Waals surface area contributed by atoms with E-state index in [4.69, 9.17) is 20.9 Å². The van der Waals surface area contributed by atoms with Crippen LogP contribution in [0.3, 0.4) is 0 Å². The third kappa shape index (κ3) is 6.70.